The second-order valence-electron chi connectivity index (χ2n) is 6.50. The third-order valence-electron chi connectivity index (χ3n) is 4.35. The molecule has 0 amide bonds. The lowest BCUT2D eigenvalue weighted by Crippen LogP contribution is -2.35. The summed E-state index contributed by atoms with van der Waals surface area (Å²) in [6.45, 7) is 0. The van der Waals surface area contributed by atoms with Gasteiger partial charge in [0.1, 0.15) is 6.26 Å². The summed E-state index contributed by atoms with van der Waals surface area (Å²) in [6, 6.07) is 9.88. The first-order valence-electron chi connectivity index (χ1n) is 9.08. The number of aliphatic carboxylic acids is 1. The van der Waals surface area contributed by atoms with E-state index in [1.807, 2.05) is 30.3 Å². The highest BCUT2D eigenvalue weighted by Gasteiger charge is 2.21. The maximum Gasteiger partial charge on any atom is 0.303 e. The van der Waals surface area contributed by atoms with Crippen LogP contribution in [0, 0.1) is 5.92 Å². The van der Waals surface area contributed by atoms with Gasteiger partial charge in [0.05, 0.1) is 0 Å². The Bertz CT molecular complexity index is 630. The van der Waals surface area contributed by atoms with Crippen molar-refractivity contribution in [3.8, 4) is 0 Å². The molecular formula is C20H27NO4S. The summed E-state index contributed by atoms with van der Waals surface area (Å²) in [5.74, 6) is -0.299. The van der Waals surface area contributed by atoms with Crippen LogP contribution in [-0.4, -0.2) is 21.3 Å². The lowest BCUT2D eigenvalue weighted by Gasteiger charge is -2.27. The lowest BCUT2D eigenvalue weighted by atomic mass is 9.86. The molecule has 5 nitrogen and oxygen atoms in total. The van der Waals surface area contributed by atoms with Crippen LogP contribution in [0.4, 0.5) is 0 Å². The molecule has 0 aromatic heterocycles. The zero-order valence-corrected chi connectivity index (χ0v) is 15.7. The third kappa shape index (κ3) is 8.45. The summed E-state index contributed by atoms with van der Waals surface area (Å²) in [7, 11) is 0. The van der Waals surface area contributed by atoms with Gasteiger partial charge < -0.3 is 9.29 Å². The second-order valence-corrected chi connectivity index (χ2v) is 7.40. The van der Waals surface area contributed by atoms with Crippen molar-refractivity contribution in [3.63, 3.8) is 0 Å². The number of carbonyl (C=O) groups is 1. The molecule has 1 aromatic carbocycles. The Labute approximate surface area is 157 Å². The van der Waals surface area contributed by atoms with Gasteiger partial charge in [0.25, 0.3) is 11.3 Å². The van der Waals surface area contributed by atoms with Crippen LogP contribution in [0.2, 0.25) is 0 Å². The highest BCUT2D eigenvalue weighted by atomic mass is 32.2. The Kier molecular flexibility index (Phi) is 9.14. The molecule has 26 heavy (non-hydrogen) atoms. The van der Waals surface area contributed by atoms with E-state index in [-0.39, 0.29) is 12.5 Å². The number of allylic oxidation sites excluding steroid dienone is 2. The van der Waals surface area contributed by atoms with Crippen LogP contribution in [0.5, 0.6) is 0 Å². The van der Waals surface area contributed by atoms with Crippen molar-refractivity contribution in [2.45, 2.75) is 51.0 Å². The molecule has 1 aromatic rings. The van der Waals surface area contributed by atoms with E-state index in [0.717, 1.165) is 37.7 Å². The average Bonchev–Trinajstić information content (AvgIpc) is 2.62. The van der Waals surface area contributed by atoms with Crippen molar-refractivity contribution in [2.24, 2.45) is 5.92 Å². The number of carboxylic acids is 1. The number of nitrogens with one attached hydrogen (secondary N) is 1. The zero-order chi connectivity index (χ0) is 18.6. The predicted octanol–water partition coefficient (Wildman–Crippen LogP) is 4.21. The number of rotatable bonds is 10. The van der Waals surface area contributed by atoms with E-state index in [4.69, 9.17) is 9.29 Å². The van der Waals surface area contributed by atoms with E-state index < -0.39 is 17.2 Å². The van der Waals surface area contributed by atoms with E-state index in [2.05, 4.69) is 16.9 Å². The molecule has 2 N–H and O–H groups in total. The van der Waals surface area contributed by atoms with Crippen molar-refractivity contribution in [2.75, 3.05) is 0 Å². The topological polar surface area (TPSA) is 75.6 Å². The van der Waals surface area contributed by atoms with Gasteiger partial charge in [-0.25, -0.2) is 4.72 Å². The minimum absolute atomic E-state index is 0.170. The Hall–Kier alpha value is -1.92. The van der Waals surface area contributed by atoms with Crippen LogP contribution in [0.1, 0.15) is 50.5 Å². The maximum atomic E-state index is 12.0. The molecule has 1 fully saturated rings. The van der Waals surface area contributed by atoms with E-state index in [9.17, 15) is 9.00 Å². The molecule has 2 unspecified atom stereocenters. The molecule has 0 radical (unpaired) electrons. The van der Waals surface area contributed by atoms with Gasteiger partial charge in [0.15, 0.2) is 0 Å². The fraction of sp³-hybridized carbons (Fsp3) is 0.450. The van der Waals surface area contributed by atoms with Crippen molar-refractivity contribution in [3.05, 3.63) is 54.3 Å². The first-order chi connectivity index (χ1) is 12.6. The molecule has 142 valence electrons. The van der Waals surface area contributed by atoms with Crippen LogP contribution in [-0.2, 0) is 20.2 Å². The molecule has 6 heteroatoms. The lowest BCUT2D eigenvalue weighted by molar-refractivity contribution is -0.137. The van der Waals surface area contributed by atoms with Gasteiger partial charge in [-0.05, 0) is 49.7 Å². The first kappa shape index (κ1) is 20.4. The Morgan fingerprint density at radius 2 is 2.12 bits per heavy atom. The van der Waals surface area contributed by atoms with Crippen LogP contribution in [0.15, 0.2) is 48.7 Å². The predicted molar refractivity (Wildman–Crippen MR) is 104 cm³/mol. The monoisotopic (exact) mass is 377 g/mol. The molecule has 1 aliphatic rings. The van der Waals surface area contributed by atoms with Gasteiger partial charge in [-0.15, -0.1) is 0 Å². The number of hydrogen-bond acceptors (Lipinski definition) is 3. The van der Waals surface area contributed by atoms with E-state index in [1.165, 1.54) is 6.26 Å². The van der Waals surface area contributed by atoms with Gasteiger partial charge in [-0.2, -0.15) is 4.21 Å². The Morgan fingerprint density at radius 1 is 1.31 bits per heavy atom. The van der Waals surface area contributed by atoms with Gasteiger partial charge in [0, 0.05) is 12.5 Å². The Balaban J connectivity index is 1.68. The summed E-state index contributed by atoms with van der Waals surface area (Å²) in [5, 5.41) is 8.63. The number of carboxylic acid groups (broad SMARTS) is 1. The largest absolute Gasteiger partial charge is 0.481 e. The van der Waals surface area contributed by atoms with Gasteiger partial charge in [-0.1, -0.05) is 48.9 Å². The molecule has 0 heterocycles. The molecule has 1 saturated carbocycles. The Morgan fingerprint density at radius 3 is 2.88 bits per heavy atom. The molecule has 0 saturated heterocycles. The minimum atomic E-state index is -1.55. The summed E-state index contributed by atoms with van der Waals surface area (Å²) in [5.41, 5.74) is 0.996. The van der Waals surface area contributed by atoms with Crippen molar-refractivity contribution < 1.29 is 18.3 Å². The number of hydrogen-bond donors (Lipinski definition) is 2. The van der Waals surface area contributed by atoms with Crippen molar-refractivity contribution >= 4 is 23.3 Å². The highest BCUT2D eigenvalue weighted by Crippen LogP contribution is 2.26. The molecule has 0 bridgehead atoms. The quantitative estimate of drug-likeness (QED) is 0.364. The van der Waals surface area contributed by atoms with Crippen molar-refractivity contribution in [1.29, 1.82) is 0 Å². The molecule has 3 atom stereocenters. The van der Waals surface area contributed by atoms with E-state index in [1.54, 1.807) is 6.08 Å². The van der Waals surface area contributed by atoms with Gasteiger partial charge >= 0.3 is 5.97 Å². The van der Waals surface area contributed by atoms with Crippen LogP contribution in [0.25, 0.3) is 6.08 Å². The SMILES string of the molecule is O=C(O)CCCC=C[C@@H]1CCCC(NS(=O)OC=Cc2ccccc2)C1. The maximum absolute atomic E-state index is 12.0. The van der Waals surface area contributed by atoms with Crippen LogP contribution in [0.3, 0.4) is 0 Å². The fourth-order valence-corrected chi connectivity index (χ4v) is 3.75. The van der Waals surface area contributed by atoms with Crippen LogP contribution >= 0.6 is 0 Å². The number of benzene rings is 1. The average molecular weight is 378 g/mol. The van der Waals surface area contributed by atoms with E-state index >= 15 is 0 Å². The van der Waals surface area contributed by atoms with Gasteiger partial charge in [-0.3, -0.25) is 4.79 Å². The fourth-order valence-electron chi connectivity index (χ4n) is 3.05. The normalized spacial score (nSPS) is 21.8. The standard InChI is InChI=1S/C20H27NO4S/c22-20(23)13-6-2-5-10-18-11-7-12-19(16-18)21-26(24)25-15-14-17-8-3-1-4-9-17/h1,3-5,8-10,14-15,18-19,21H,2,6-7,11-13,16H2,(H,22,23)/t18-,19?,26?/m1/s1. The molecule has 0 spiro atoms. The molecule has 1 aliphatic carbocycles. The summed E-state index contributed by atoms with van der Waals surface area (Å²) in [6.07, 6.45) is 13.3. The first-order valence-corrected chi connectivity index (χ1v) is 10.2. The molecule has 2 rings (SSSR count). The minimum Gasteiger partial charge on any atom is -0.481 e. The third-order valence-corrected chi connectivity index (χ3v) is 5.16. The van der Waals surface area contributed by atoms with Crippen LogP contribution < -0.4 is 4.72 Å². The zero-order valence-electron chi connectivity index (χ0n) is 14.9. The number of unbranched alkanes of at least 4 members (excludes halogenated alkanes) is 1. The highest BCUT2D eigenvalue weighted by molar-refractivity contribution is 7.78. The second kappa shape index (κ2) is 11.6. The van der Waals surface area contributed by atoms with Crippen molar-refractivity contribution in [1.82, 2.24) is 4.72 Å². The summed E-state index contributed by atoms with van der Waals surface area (Å²) in [4.78, 5) is 10.5. The molecule has 0 aliphatic heterocycles. The van der Waals surface area contributed by atoms with Gasteiger partial charge in [0.2, 0.25) is 0 Å². The summed E-state index contributed by atoms with van der Waals surface area (Å²) >= 11 is -1.55. The summed E-state index contributed by atoms with van der Waals surface area (Å²) < 4.78 is 20.3. The van der Waals surface area contributed by atoms with E-state index in [0.29, 0.717) is 12.3 Å². The molecular weight excluding hydrogens is 350 g/mol. The smallest absolute Gasteiger partial charge is 0.303 e.